The second kappa shape index (κ2) is 20.2. The molecule has 2 atom stereocenters. The summed E-state index contributed by atoms with van der Waals surface area (Å²) in [6, 6.07) is 16.4. The van der Waals surface area contributed by atoms with E-state index in [-0.39, 0.29) is 35.0 Å². The quantitative estimate of drug-likeness (QED) is 0.0569. The number of carbonyl (C=O) groups is 2. The van der Waals surface area contributed by atoms with Gasteiger partial charge < -0.3 is 39.9 Å². The third-order valence-corrected chi connectivity index (χ3v) is 10.6. The van der Waals surface area contributed by atoms with Crippen LogP contribution in [0.4, 0.5) is 11.4 Å². The van der Waals surface area contributed by atoms with Crippen molar-refractivity contribution in [1.82, 2.24) is 19.6 Å². The zero-order chi connectivity index (χ0) is 42.9. The van der Waals surface area contributed by atoms with Crippen LogP contribution in [0.3, 0.4) is 0 Å². The number of aromatic nitrogens is 4. The predicted molar refractivity (Wildman–Crippen MR) is 236 cm³/mol. The number of nitrogens with two attached hydrogens (primary N) is 2. The number of rotatable bonds is 8. The average Bonchev–Trinajstić information content (AvgIpc) is 3.90. The number of hydrogen-bond donors (Lipinski definition) is 3. The first kappa shape index (κ1) is 44.1. The molecule has 2 aliphatic rings. The fourth-order valence-electron chi connectivity index (χ4n) is 7.07. The maximum atomic E-state index is 12.0. The average molecular weight is 900 g/mol. The van der Waals surface area contributed by atoms with Crippen LogP contribution < -0.4 is 20.9 Å². The Bertz CT molecular complexity index is 2500. The minimum atomic E-state index is -0.522. The third kappa shape index (κ3) is 9.62. The van der Waals surface area contributed by atoms with Gasteiger partial charge >= 0.3 is 36.7 Å². The van der Waals surface area contributed by atoms with E-state index in [1.807, 2.05) is 47.5 Å². The van der Waals surface area contributed by atoms with Gasteiger partial charge in [0.05, 0.1) is 70.9 Å². The van der Waals surface area contributed by atoms with Gasteiger partial charge in [-0.15, -0.1) is 0 Å². The Morgan fingerprint density at radius 1 is 0.767 bits per heavy atom. The van der Waals surface area contributed by atoms with Gasteiger partial charge in [-0.05, 0) is 99.9 Å². The summed E-state index contributed by atoms with van der Waals surface area (Å²) in [5.41, 5.74) is 17.1. The van der Waals surface area contributed by atoms with E-state index in [9.17, 15) is 9.59 Å². The first-order chi connectivity index (χ1) is 29.0. The fraction of sp³-hybridized carbons (Fsp3) is 0.333. The molecule has 8 rings (SSSR count). The van der Waals surface area contributed by atoms with Gasteiger partial charge in [0.2, 0.25) is 0 Å². The number of carbonyl (C=O) groups excluding carboxylic acids is 2. The van der Waals surface area contributed by atoms with Crippen molar-refractivity contribution >= 4 is 81.5 Å². The third-order valence-electron chi connectivity index (χ3n) is 10.1. The first-order valence-electron chi connectivity index (χ1n) is 19.2. The number of para-hydroxylation sites is 1. The van der Waals surface area contributed by atoms with Crippen LogP contribution in [-0.4, -0.2) is 66.6 Å². The monoisotopic (exact) mass is 898 g/mol. The van der Waals surface area contributed by atoms with Crippen molar-refractivity contribution in [3.63, 3.8) is 0 Å². The molecule has 2 saturated heterocycles. The molecule has 0 amide bonds. The molecule has 0 bridgehead atoms. The van der Waals surface area contributed by atoms with Crippen LogP contribution in [0.1, 0.15) is 82.8 Å². The van der Waals surface area contributed by atoms with E-state index in [1.165, 1.54) is 14.2 Å². The van der Waals surface area contributed by atoms with E-state index in [0.29, 0.717) is 27.5 Å². The Balaban J connectivity index is 0.000000189. The number of fused-ring (bicyclic) bond motifs is 2. The van der Waals surface area contributed by atoms with E-state index in [2.05, 4.69) is 50.9 Å². The van der Waals surface area contributed by atoms with Crippen molar-refractivity contribution in [3.8, 4) is 23.0 Å². The maximum absolute atomic E-state index is 12.0. The van der Waals surface area contributed by atoms with Gasteiger partial charge in [0, 0.05) is 17.7 Å². The van der Waals surface area contributed by atoms with E-state index in [0.717, 1.165) is 84.7 Å². The van der Waals surface area contributed by atoms with Crippen LogP contribution in [0.15, 0.2) is 75.8 Å². The molecule has 0 aliphatic carbocycles. The first-order valence-corrected chi connectivity index (χ1v) is 20.4. The Morgan fingerprint density at radius 3 is 1.73 bits per heavy atom. The predicted octanol–water partition coefficient (Wildman–Crippen LogP) is 9.36. The molecule has 2 aliphatic heterocycles. The van der Waals surface area contributed by atoms with Crippen LogP contribution in [0.5, 0.6) is 23.0 Å². The standard InChI is InChI=1S/C21H22BrN3O4.C21H23N3O4.BHNS/c1-12-6-7-16-15(11-24-25(16)18-5-3-4-8-28-18)20(12)29-17-10-13(22)9-14(19(17)23)21(26)27-2;1-13-9-10-16-15(12-23-24(16)18-8-3-4-11-27-18)20(13)28-17-7-5-6-14(19(17)22)21(25)26-2;1-2-3/h6-7,9-11,18H,3-5,8,23H2,1-2H3;5-7,9-10,12,18H,3-4,8,11,22H2,1-2H3;3H. The minimum absolute atomic E-state index is 0.0606. The number of methoxy groups -OCH3 is 2. The molecule has 313 valence electrons. The van der Waals surface area contributed by atoms with Gasteiger partial charge in [0.25, 0.3) is 0 Å². The molecule has 4 aromatic carbocycles. The molecule has 4 N–H and O–H groups in total. The van der Waals surface area contributed by atoms with Crippen molar-refractivity contribution in [2.24, 2.45) is 4.30 Å². The summed E-state index contributed by atoms with van der Waals surface area (Å²) in [6.45, 7) is 5.41. The Hall–Kier alpha value is -5.43. The van der Waals surface area contributed by atoms with Gasteiger partial charge in [-0.2, -0.15) is 10.2 Å². The zero-order valence-electron chi connectivity index (χ0n) is 33.7. The normalized spacial score (nSPS) is 16.1. The molecule has 2 unspecified atom stereocenters. The summed E-state index contributed by atoms with van der Waals surface area (Å²) >= 11 is 6.60. The van der Waals surface area contributed by atoms with Crippen LogP contribution in [0.2, 0.25) is 0 Å². The molecular weight excluding hydrogens is 853 g/mol. The molecule has 18 heteroatoms. The van der Waals surface area contributed by atoms with Crippen LogP contribution in [-0.2, 0) is 18.9 Å². The summed E-state index contributed by atoms with van der Waals surface area (Å²) in [4.78, 5) is 24.0. The summed E-state index contributed by atoms with van der Waals surface area (Å²) in [5, 5.41) is 10.8. The van der Waals surface area contributed by atoms with Crippen molar-refractivity contribution in [1.29, 1.82) is 0 Å². The van der Waals surface area contributed by atoms with Crippen LogP contribution >= 0.6 is 28.7 Å². The Morgan fingerprint density at radius 2 is 1.25 bits per heavy atom. The van der Waals surface area contributed by atoms with E-state index < -0.39 is 11.9 Å². The molecule has 2 fully saturated rings. The number of aryl methyl sites for hydroxylation is 2. The number of nitrogens with zero attached hydrogens (tertiary/aromatic N) is 5. The summed E-state index contributed by atoms with van der Waals surface area (Å²) in [7, 11) is 6.97. The zero-order valence-corrected chi connectivity index (χ0v) is 36.2. The van der Waals surface area contributed by atoms with Crippen molar-refractivity contribution in [2.75, 3.05) is 38.9 Å². The molecule has 0 saturated carbocycles. The van der Waals surface area contributed by atoms with E-state index >= 15 is 0 Å². The Labute approximate surface area is 362 Å². The molecular formula is C42H46BBrN7O8S. The summed E-state index contributed by atoms with van der Waals surface area (Å²) in [5.74, 6) is 1.06. The van der Waals surface area contributed by atoms with Crippen LogP contribution in [0.25, 0.3) is 21.8 Å². The van der Waals surface area contributed by atoms with E-state index in [1.54, 1.807) is 42.7 Å². The van der Waals surface area contributed by atoms with E-state index in [4.69, 9.17) is 39.9 Å². The molecule has 1 radical (unpaired) electrons. The molecule has 0 spiro atoms. The second-order valence-corrected chi connectivity index (χ2v) is 15.1. The fourth-order valence-corrected chi connectivity index (χ4v) is 7.51. The number of thiol groups is 1. The van der Waals surface area contributed by atoms with Gasteiger partial charge in [-0.25, -0.2) is 19.0 Å². The van der Waals surface area contributed by atoms with Gasteiger partial charge in [0.15, 0.2) is 24.0 Å². The van der Waals surface area contributed by atoms with Crippen molar-refractivity contribution in [2.45, 2.75) is 64.8 Å². The number of benzene rings is 4. The topological polar surface area (TPSA) is 190 Å². The van der Waals surface area contributed by atoms with Gasteiger partial charge in [-0.1, -0.05) is 34.1 Å². The molecule has 15 nitrogen and oxygen atoms in total. The summed E-state index contributed by atoms with van der Waals surface area (Å²) in [6.07, 6.45) is 9.71. The molecule has 60 heavy (non-hydrogen) atoms. The number of nitrogen functional groups attached to an aromatic ring is 2. The molecule has 2 aromatic heterocycles. The number of ether oxygens (including phenoxy) is 6. The number of anilines is 2. The summed E-state index contributed by atoms with van der Waals surface area (Å²) < 4.78 is 40.9. The molecule has 6 aromatic rings. The van der Waals surface area contributed by atoms with Crippen molar-refractivity contribution in [3.05, 3.63) is 93.7 Å². The van der Waals surface area contributed by atoms with Crippen LogP contribution in [0, 0.1) is 13.8 Å². The second-order valence-electron chi connectivity index (χ2n) is 14.0. The molecule has 4 heterocycles. The van der Waals surface area contributed by atoms with Gasteiger partial charge in [0.1, 0.15) is 11.5 Å². The number of halogens is 1. The van der Waals surface area contributed by atoms with Gasteiger partial charge in [-0.3, -0.25) is 0 Å². The Kier molecular flexibility index (Phi) is 14.9. The SMILES string of the molecule is COC(=O)c1cc(Br)cc(Oc2c(C)ccc3c2cnn3C2CCCCO2)c1N.COC(=O)c1cccc(Oc2c(C)ccc3c2cnn3C2CCCCO2)c1N.[B]=NS. The van der Waals surface area contributed by atoms with Crippen molar-refractivity contribution < 1.29 is 38.0 Å². The number of esters is 2. The number of hydrogen-bond acceptors (Lipinski definition) is 14.